The molecule has 222 valence electrons. The number of amides is 1. The van der Waals surface area contributed by atoms with Crippen molar-refractivity contribution in [2.75, 3.05) is 44.9 Å². The summed E-state index contributed by atoms with van der Waals surface area (Å²) in [6, 6.07) is 10.1. The van der Waals surface area contributed by atoms with Crippen molar-refractivity contribution in [3.63, 3.8) is 0 Å². The van der Waals surface area contributed by atoms with Crippen molar-refractivity contribution >= 4 is 34.3 Å². The molecule has 5 rings (SSSR count). The van der Waals surface area contributed by atoms with Gasteiger partial charge in [-0.2, -0.15) is 4.98 Å². The Balaban J connectivity index is 1.47. The Kier molecular flexibility index (Phi) is 8.97. The molecule has 11 heteroatoms. The molecule has 1 amide bonds. The lowest BCUT2D eigenvalue weighted by molar-refractivity contribution is -0.122. The lowest BCUT2D eigenvalue weighted by atomic mass is 10.1. The summed E-state index contributed by atoms with van der Waals surface area (Å²) in [7, 11) is 5.38. The molecule has 2 N–H and O–H groups in total. The molecule has 1 aromatic carbocycles. The molecule has 0 atom stereocenters. The lowest BCUT2D eigenvalue weighted by Gasteiger charge is -2.30. The lowest BCUT2D eigenvalue weighted by Crippen LogP contribution is -2.36. The van der Waals surface area contributed by atoms with Crippen LogP contribution in [0.3, 0.4) is 0 Å². The number of pyridine rings is 1. The molecule has 0 saturated carbocycles. The van der Waals surface area contributed by atoms with Crippen LogP contribution in [0.5, 0.6) is 0 Å². The van der Waals surface area contributed by atoms with Crippen LogP contribution in [0.2, 0.25) is 0 Å². The number of hydrogen-bond donors (Lipinski definition) is 2. The molecule has 0 radical (unpaired) electrons. The van der Waals surface area contributed by atoms with Crippen molar-refractivity contribution in [3.05, 3.63) is 76.2 Å². The Bertz CT molecular complexity index is 1730. The number of nitrogens with zero attached hydrogens (tertiary/aromatic N) is 7. The van der Waals surface area contributed by atoms with Crippen LogP contribution in [0.15, 0.2) is 53.8 Å². The second-order valence-corrected chi connectivity index (χ2v) is 11.4. The molecule has 0 bridgehead atoms. The monoisotopic (exact) mass is 579 g/mol. The largest absolute Gasteiger partial charge is 0.382 e. The van der Waals surface area contributed by atoms with Crippen LogP contribution in [-0.4, -0.2) is 80.5 Å². The quantitative estimate of drug-likeness (QED) is 0.317. The first kappa shape index (κ1) is 29.7. The summed E-state index contributed by atoms with van der Waals surface area (Å²) in [6.07, 6.45) is 7.12. The molecule has 0 unspecified atom stereocenters. The molecule has 0 spiro atoms. The van der Waals surface area contributed by atoms with E-state index < -0.39 is 5.91 Å². The van der Waals surface area contributed by atoms with Crippen LogP contribution in [0.4, 0.5) is 17.3 Å². The first-order valence-electron chi connectivity index (χ1n) is 14.4. The minimum absolute atomic E-state index is 0.129. The Morgan fingerprint density at radius 3 is 2.51 bits per heavy atom. The van der Waals surface area contributed by atoms with Gasteiger partial charge in [0.25, 0.3) is 11.5 Å². The Morgan fingerprint density at radius 2 is 1.81 bits per heavy atom. The van der Waals surface area contributed by atoms with Gasteiger partial charge in [0.15, 0.2) is 0 Å². The number of fused-ring (bicyclic) bond motifs is 1. The first-order valence-corrected chi connectivity index (χ1v) is 14.4. The maximum absolute atomic E-state index is 13.7. The Morgan fingerprint density at radius 1 is 1.09 bits per heavy atom. The van der Waals surface area contributed by atoms with Gasteiger partial charge in [0.2, 0.25) is 5.95 Å². The third-order valence-electron chi connectivity index (χ3n) is 7.47. The minimum Gasteiger partial charge on any atom is -0.382 e. The van der Waals surface area contributed by atoms with Crippen LogP contribution in [0.1, 0.15) is 49.4 Å². The first-order chi connectivity index (χ1) is 20.7. The van der Waals surface area contributed by atoms with E-state index in [1.807, 2.05) is 38.1 Å². The van der Waals surface area contributed by atoms with Gasteiger partial charge in [0.1, 0.15) is 12.0 Å². The average molecular weight is 580 g/mol. The van der Waals surface area contributed by atoms with Crippen molar-refractivity contribution in [3.8, 4) is 11.8 Å². The zero-order valence-electron chi connectivity index (χ0n) is 25.3. The number of carbonyl (C=O) groups is 1. The fraction of sp³-hybridized carbons (Fsp3) is 0.375. The molecule has 4 heterocycles. The van der Waals surface area contributed by atoms with Crippen molar-refractivity contribution in [2.45, 2.75) is 45.2 Å². The highest BCUT2D eigenvalue weighted by Crippen LogP contribution is 2.22. The van der Waals surface area contributed by atoms with Gasteiger partial charge in [0, 0.05) is 60.8 Å². The maximum atomic E-state index is 13.7. The molecule has 1 saturated heterocycles. The van der Waals surface area contributed by atoms with Crippen LogP contribution in [0, 0.1) is 11.8 Å². The van der Waals surface area contributed by atoms with E-state index >= 15 is 0 Å². The van der Waals surface area contributed by atoms with E-state index in [4.69, 9.17) is 4.98 Å². The van der Waals surface area contributed by atoms with Gasteiger partial charge in [-0.1, -0.05) is 19.8 Å². The molecule has 11 nitrogen and oxygen atoms in total. The number of nitrogens with one attached hydrogen (secondary N) is 2. The summed E-state index contributed by atoms with van der Waals surface area (Å²) < 4.78 is 1.55. The van der Waals surface area contributed by atoms with Gasteiger partial charge >= 0.3 is 0 Å². The number of piperidine rings is 1. The van der Waals surface area contributed by atoms with Crippen LogP contribution in [-0.2, 0) is 11.3 Å². The molecule has 43 heavy (non-hydrogen) atoms. The molecular formula is C32H37N9O2. The topological polar surface area (TPSA) is 121 Å². The number of likely N-dealkylation sites (tertiary alicyclic amines) is 1. The number of aromatic nitrogens is 5. The van der Waals surface area contributed by atoms with Crippen molar-refractivity contribution < 1.29 is 4.79 Å². The summed E-state index contributed by atoms with van der Waals surface area (Å²) in [5, 5.41) is 7.51. The van der Waals surface area contributed by atoms with Gasteiger partial charge in [-0.05, 0) is 69.2 Å². The van der Waals surface area contributed by atoms with E-state index in [0.717, 1.165) is 48.6 Å². The SMILES string of the molecule is CC(C)c1ncncc1Cn1c(=O)c(C#CC(=O)N(C)C)cc2cnc(Nc3ccc(NC4CCN(C)CC4)cc3)nc21. The van der Waals surface area contributed by atoms with Crippen LogP contribution in [0.25, 0.3) is 11.0 Å². The summed E-state index contributed by atoms with van der Waals surface area (Å²) in [5.41, 5.74) is 3.80. The molecule has 1 aliphatic heterocycles. The predicted molar refractivity (Wildman–Crippen MR) is 168 cm³/mol. The normalized spacial score (nSPS) is 13.9. The van der Waals surface area contributed by atoms with E-state index in [2.05, 4.69) is 49.4 Å². The van der Waals surface area contributed by atoms with Crippen LogP contribution >= 0.6 is 0 Å². The standard InChI is InChI=1S/C32H37N9O2/c1-21(2)29-24(17-33-20-35-29)19-41-30-23(16-22(31(41)43)6-11-28(42)39(3)4)18-34-32(38-30)37-26-9-7-25(8-10-26)36-27-12-14-40(5)15-13-27/h7-10,16-18,20-21,27,36H,12-15,19H2,1-5H3,(H,34,37,38). The van der Waals surface area contributed by atoms with Gasteiger partial charge < -0.3 is 20.4 Å². The third-order valence-corrected chi connectivity index (χ3v) is 7.47. The van der Waals surface area contributed by atoms with Crippen LogP contribution < -0.4 is 16.2 Å². The van der Waals surface area contributed by atoms with E-state index in [0.29, 0.717) is 23.0 Å². The van der Waals surface area contributed by atoms with Crippen molar-refractivity contribution in [1.29, 1.82) is 0 Å². The second kappa shape index (κ2) is 13.0. The zero-order valence-corrected chi connectivity index (χ0v) is 25.3. The second-order valence-electron chi connectivity index (χ2n) is 11.4. The Hall–Kier alpha value is -4.82. The minimum atomic E-state index is -0.395. The summed E-state index contributed by atoms with van der Waals surface area (Å²) in [6.45, 7) is 6.47. The number of hydrogen-bond acceptors (Lipinski definition) is 9. The summed E-state index contributed by atoms with van der Waals surface area (Å²) in [4.78, 5) is 47.5. The van der Waals surface area contributed by atoms with Gasteiger partial charge in [-0.3, -0.25) is 14.2 Å². The fourth-order valence-electron chi connectivity index (χ4n) is 5.04. The average Bonchev–Trinajstić information content (AvgIpc) is 3.00. The van der Waals surface area contributed by atoms with E-state index in [1.165, 1.54) is 11.2 Å². The van der Waals surface area contributed by atoms with Gasteiger partial charge in [-0.15, -0.1) is 0 Å². The number of benzene rings is 1. The molecule has 4 aromatic rings. The number of carbonyl (C=O) groups excluding carboxylic acids is 1. The van der Waals surface area contributed by atoms with E-state index in [9.17, 15) is 9.59 Å². The molecule has 1 aliphatic rings. The molecule has 1 fully saturated rings. The number of anilines is 3. The van der Waals surface area contributed by atoms with Crippen molar-refractivity contribution in [2.24, 2.45) is 0 Å². The highest BCUT2D eigenvalue weighted by molar-refractivity contribution is 5.94. The molecule has 0 aliphatic carbocycles. The van der Waals surface area contributed by atoms with E-state index in [-0.39, 0.29) is 23.6 Å². The van der Waals surface area contributed by atoms with Crippen molar-refractivity contribution in [1.82, 2.24) is 34.3 Å². The summed E-state index contributed by atoms with van der Waals surface area (Å²) in [5.74, 6) is 5.38. The molecule has 3 aromatic heterocycles. The highest BCUT2D eigenvalue weighted by atomic mass is 16.2. The zero-order chi connectivity index (χ0) is 30.5. The fourth-order valence-corrected chi connectivity index (χ4v) is 5.04. The third kappa shape index (κ3) is 7.16. The van der Waals surface area contributed by atoms with E-state index in [1.54, 1.807) is 37.1 Å². The van der Waals surface area contributed by atoms with Gasteiger partial charge in [0.05, 0.1) is 17.8 Å². The summed E-state index contributed by atoms with van der Waals surface area (Å²) >= 11 is 0. The maximum Gasteiger partial charge on any atom is 0.298 e. The smallest absolute Gasteiger partial charge is 0.298 e. The predicted octanol–water partition coefficient (Wildman–Crippen LogP) is 3.44. The number of rotatable bonds is 7. The highest BCUT2D eigenvalue weighted by Gasteiger charge is 2.17. The molecular weight excluding hydrogens is 542 g/mol. The van der Waals surface area contributed by atoms with Gasteiger partial charge in [-0.25, -0.2) is 15.0 Å². The Labute approximate surface area is 251 Å².